The van der Waals surface area contributed by atoms with Crippen LogP contribution in [0.5, 0.6) is 11.5 Å². The fourth-order valence-electron chi connectivity index (χ4n) is 3.84. The molecule has 1 aromatic heterocycles. The molecule has 0 radical (unpaired) electrons. The smallest absolute Gasteiger partial charge is 0.295 e. The largest absolute Gasteiger partial charge is 0.507 e. The zero-order chi connectivity index (χ0) is 22.5. The van der Waals surface area contributed by atoms with Crippen LogP contribution in [-0.2, 0) is 9.59 Å². The number of Topliss-reactive ketones (excluding diaryl/α,β-unsaturated/α-hetero) is 1. The minimum absolute atomic E-state index is 0.00393. The van der Waals surface area contributed by atoms with E-state index in [0.717, 1.165) is 24.5 Å². The molecule has 2 aromatic rings. The Kier molecular flexibility index (Phi) is 7.35. The van der Waals surface area contributed by atoms with Gasteiger partial charge < -0.3 is 24.7 Å². The quantitative estimate of drug-likeness (QED) is 0.349. The predicted octanol–water partition coefficient (Wildman–Crippen LogP) is 3.62. The number of benzene rings is 1. The van der Waals surface area contributed by atoms with Crippen LogP contribution in [0.15, 0.2) is 41.3 Å². The first-order valence-corrected chi connectivity index (χ1v) is 11.2. The van der Waals surface area contributed by atoms with Gasteiger partial charge in [0, 0.05) is 17.5 Å². The Hall–Kier alpha value is -2.84. The lowest BCUT2D eigenvalue weighted by molar-refractivity contribution is -0.139. The van der Waals surface area contributed by atoms with Gasteiger partial charge in [0.05, 0.1) is 24.3 Å². The number of phenols is 1. The number of aromatic hydroxyl groups is 1. The van der Waals surface area contributed by atoms with Gasteiger partial charge in [-0.3, -0.25) is 9.59 Å². The number of ketones is 1. The van der Waals surface area contributed by atoms with E-state index in [2.05, 4.69) is 18.7 Å². The number of phenolic OH excluding ortho intramolecular Hbond substituents is 1. The molecule has 8 heteroatoms. The van der Waals surface area contributed by atoms with Crippen LogP contribution in [0.2, 0.25) is 0 Å². The van der Waals surface area contributed by atoms with Crippen molar-refractivity contribution in [2.24, 2.45) is 0 Å². The number of nitrogens with zero attached hydrogens (tertiary/aromatic N) is 2. The van der Waals surface area contributed by atoms with Crippen LogP contribution in [0, 0.1) is 0 Å². The van der Waals surface area contributed by atoms with Crippen LogP contribution in [0.25, 0.3) is 5.76 Å². The van der Waals surface area contributed by atoms with E-state index < -0.39 is 17.7 Å². The van der Waals surface area contributed by atoms with Gasteiger partial charge in [-0.25, -0.2) is 0 Å². The number of methoxy groups -OCH3 is 1. The molecule has 31 heavy (non-hydrogen) atoms. The number of aliphatic hydroxyl groups is 1. The minimum atomic E-state index is -0.742. The molecule has 0 spiro atoms. The van der Waals surface area contributed by atoms with E-state index in [1.807, 2.05) is 17.5 Å². The number of hydrogen-bond donors (Lipinski definition) is 2. The Labute approximate surface area is 186 Å². The van der Waals surface area contributed by atoms with Crippen LogP contribution in [0.4, 0.5) is 0 Å². The Bertz CT molecular complexity index is 966. The van der Waals surface area contributed by atoms with Crippen molar-refractivity contribution in [3.63, 3.8) is 0 Å². The minimum Gasteiger partial charge on any atom is -0.507 e. The number of carbonyl (C=O) groups is 2. The van der Waals surface area contributed by atoms with Gasteiger partial charge in [0.2, 0.25) is 0 Å². The van der Waals surface area contributed by atoms with Crippen molar-refractivity contribution >= 4 is 28.8 Å². The molecule has 1 saturated heterocycles. The third-order valence-corrected chi connectivity index (χ3v) is 6.51. The van der Waals surface area contributed by atoms with Crippen LogP contribution >= 0.6 is 11.3 Å². The fourth-order valence-corrected chi connectivity index (χ4v) is 4.69. The van der Waals surface area contributed by atoms with Crippen molar-refractivity contribution in [1.82, 2.24) is 9.80 Å². The maximum atomic E-state index is 13.0. The van der Waals surface area contributed by atoms with Crippen molar-refractivity contribution in [2.75, 3.05) is 33.3 Å². The van der Waals surface area contributed by atoms with Gasteiger partial charge in [0.15, 0.2) is 0 Å². The molecule has 3 rings (SSSR count). The fraction of sp³-hybridized carbons (Fsp3) is 0.391. The molecule has 1 aliphatic rings. The second-order valence-electron chi connectivity index (χ2n) is 7.27. The Morgan fingerprint density at radius 2 is 1.97 bits per heavy atom. The number of hydrogen-bond acceptors (Lipinski definition) is 7. The SMILES string of the molecule is CCN(CC)CCCN1C(=O)C(=O)/C(=C(/O)c2ccc(OC)cc2O)C1c1cccs1. The van der Waals surface area contributed by atoms with Crippen molar-refractivity contribution in [2.45, 2.75) is 26.3 Å². The summed E-state index contributed by atoms with van der Waals surface area (Å²) in [6, 6.07) is 7.42. The van der Waals surface area contributed by atoms with Gasteiger partial charge in [-0.1, -0.05) is 19.9 Å². The molecule has 1 aromatic carbocycles. The number of amides is 1. The summed E-state index contributed by atoms with van der Waals surface area (Å²) in [5.74, 6) is -1.57. The summed E-state index contributed by atoms with van der Waals surface area (Å²) in [4.78, 5) is 30.4. The van der Waals surface area contributed by atoms with Gasteiger partial charge in [-0.15, -0.1) is 11.3 Å². The molecule has 0 aliphatic carbocycles. The lowest BCUT2D eigenvalue weighted by atomic mass is 9.99. The summed E-state index contributed by atoms with van der Waals surface area (Å²) < 4.78 is 5.08. The first kappa shape index (κ1) is 22.8. The summed E-state index contributed by atoms with van der Waals surface area (Å²) in [5.41, 5.74) is 0.0826. The number of rotatable bonds is 9. The topological polar surface area (TPSA) is 90.3 Å². The molecule has 0 bridgehead atoms. The maximum Gasteiger partial charge on any atom is 0.295 e. The van der Waals surface area contributed by atoms with Crippen molar-refractivity contribution < 1.29 is 24.5 Å². The van der Waals surface area contributed by atoms with Gasteiger partial charge in [-0.05, 0) is 49.6 Å². The highest BCUT2D eigenvalue weighted by Gasteiger charge is 2.46. The Morgan fingerprint density at radius 3 is 2.55 bits per heavy atom. The average molecular weight is 445 g/mol. The summed E-state index contributed by atoms with van der Waals surface area (Å²) in [5, 5.41) is 23.2. The third kappa shape index (κ3) is 4.60. The zero-order valence-corrected chi connectivity index (χ0v) is 18.8. The number of aliphatic hydroxyl groups excluding tert-OH is 1. The zero-order valence-electron chi connectivity index (χ0n) is 18.0. The van der Waals surface area contributed by atoms with E-state index in [-0.39, 0.29) is 22.6 Å². The Balaban J connectivity index is 2.00. The normalized spacial score (nSPS) is 18.2. The molecular weight excluding hydrogens is 416 g/mol. The number of thiophene rings is 1. The summed E-state index contributed by atoms with van der Waals surface area (Å²) >= 11 is 1.42. The summed E-state index contributed by atoms with van der Waals surface area (Å²) in [6.07, 6.45) is 0.713. The standard InChI is InChI=1S/C23H28N2O5S/c1-4-24(5-2)11-7-12-25-20(18-8-6-13-31-18)19(22(28)23(25)29)21(27)16-10-9-15(30-3)14-17(16)26/h6,8-10,13-14,20,26-27H,4-5,7,11-12H2,1-3H3/b21-19+. The van der Waals surface area contributed by atoms with E-state index in [1.165, 1.54) is 35.5 Å². The summed E-state index contributed by atoms with van der Waals surface area (Å²) in [6.45, 7) is 7.22. The van der Waals surface area contributed by atoms with Crippen molar-refractivity contribution in [3.8, 4) is 11.5 Å². The van der Waals surface area contributed by atoms with E-state index in [0.29, 0.717) is 18.7 Å². The molecule has 0 saturated carbocycles. The molecular formula is C23H28N2O5S. The van der Waals surface area contributed by atoms with Gasteiger partial charge in [0.25, 0.3) is 11.7 Å². The highest BCUT2D eigenvalue weighted by Crippen LogP contribution is 2.42. The lowest BCUT2D eigenvalue weighted by Crippen LogP contribution is -2.33. The molecule has 2 N–H and O–H groups in total. The average Bonchev–Trinajstić information content (AvgIpc) is 3.38. The highest BCUT2D eigenvalue weighted by molar-refractivity contribution is 7.10. The molecule has 1 atom stereocenters. The first-order valence-electron chi connectivity index (χ1n) is 10.3. The van der Waals surface area contributed by atoms with E-state index >= 15 is 0 Å². The molecule has 1 aliphatic heterocycles. The van der Waals surface area contributed by atoms with E-state index in [9.17, 15) is 19.8 Å². The van der Waals surface area contributed by atoms with Gasteiger partial charge in [0.1, 0.15) is 17.3 Å². The maximum absolute atomic E-state index is 13.0. The molecule has 1 fully saturated rings. The van der Waals surface area contributed by atoms with Crippen molar-refractivity contribution in [3.05, 3.63) is 51.7 Å². The number of ether oxygens (including phenoxy) is 1. The first-order chi connectivity index (χ1) is 14.9. The van der Waals surface area contributed by atoms with Gasteiger partial charge in [-0.2, -0.15) is 0 Å². The number of likely N-dealkylation sites (tertiary alicyclic amines) is 1. The molecule has 1 unspecified atom stereocenters. The Morgan fingerprint density at radius 1 is 1.23 bits per heavy atom. The second-order valence-corrected chi connectivity index (χ2v) is 8.25. The van der Waals surface area contributed by atoms with Crippen LogP contribution < -0.4 is 4.74 Å². The van der Waals surface area contributed by atoms with E-state index in [1.54, 1.807) is 6.07 Å². The van der Waals surface area contributed by atoms with Crippen LogP contribution in [0.3, 0.4) is 0 Å². The molecule has 2 heterocycles. The number of carbonyl (C=O) groups excluding carboxylic acids is 2. The molecule has 7 nitrogen and oxygen atoms in total. The second kappa shape index (κ2) is 9.98. The molecule has 1 amide bonds. The van der Waals surface area contributed by atoms with E-state index in [4.69, 9.17) is 4.74 Å². The lowest BCUT2D eigenvalue weighted by Gasteiger charge is -2.25. The van der Waals surface area contributed by atoms with Crippen molar-refractivity contribution in [1.29, 1.82) is 0 Å². The predicted molar refractivity (Wildman–Crippen MR) is 120 cm³/mol. The van der Waals surface area contributed by atoms with Crippen LogP contribution in [-0.4, -0.2) is 65.0 Å². The highest BCUT2D eigenvalue weighted by atomic mass is 32.1. The summed E-state index contributed by atoms with van der Waals surface area (Å²) in [7, 11) is 1.47. The third-order valence-electron chi connectivity index (χ3n) is 5.58. The van der Waals surface area contributed by atoms with Gasteiger partial charge >= 0.3 is 0 Å². The molecule has 166 valence electrons. The monoisotopic (exact) mass is 444 g/mol. The van der Waals surface area contributed by atoms with Crippen LogP contribution in [0.1, 0.15) is 36.8 Å².